The highest BCUT2D eigenvalue weighted by molar-refractivity contribution is 5.80. The highest BCUT2D eigenvalue weighted by Crippen LogP contribution is 2.18. The van der Waals surface area contributed by atoms with Gasteiger partial charge in [-0.05, 0) is 12.8 Å². The predicted octanol–water partition coefficient (Wildman–Crippen LogP) is 2.87. The second kappa shape index (κ2) is 6.86. The van der Waals surface area contributed by atoms with E-state index < -0.39 is 0 Å². The van der Waals surface area contributed by atoms with Crippen LogP contribution in [0.5, 0.6) is 0 Å². The molecule has 1 rings (SSSR count). The lowest BCUT2D eigenvalue weighted by Gasteiger charge is -2.05. The maximum atomic E-state index is 11.2. The molecule has 1 aliphatic rings. The fourth-order valence-corrected chi connectivity index (χ4v) is 2.09. The lowest BCUT2D eigenvalue weighted by atomic mass is 9.99. The number of carbonyl (C=O) groups excluding carboxylic acids is 1. The first-order valence-electron chi connectivity index (χ1n) is 6.12. The van der Waals surface area contributed by atoms with E-state index in [0.29, 0.717) is 11.8 Å². The number of hydrogen-bond acceptors (Lipinski definition) is 1. The van der Waals surface area contributed by atoms with Crippen molar-refractivity contribution >= 4 is 5.91 Å². The Morgan fingerprint density at radius 2 is 1.93 bits per heavy atom. The van der Waals surface area contributed by atoms with Crippen molar-refractivity contribution in [3.8, 4) is 0 Å². The Balaban J connectivity index is 1.90. The summed E-state index contributed by atoms with van der Waals surface area (Å²) >= 11 is 0. The summed E-state index contributed by atoms with van der Waals surface area (Å²) < 4.78 is 0. The van der Waals surface area contributed by atoms with Crippen LogP contribution < -0.4 is 5.32 Å². The summed E-state index contributed by atoms with van der Waals surface area (Å²) in [5.74, 6) is 0.625. The van der Waals surface area contributed by atoms with Crippen molar-refractivity contribution in [2.75, 3.05) is 6.54 Å². The van der Waals surface area contributed by atoms with E-state index in [2.05, 4.69) is 12.2 Å². The summed E-state index contributed by atoms with van der Waals surface area (Å²) in [5, 5.41) is 2.89. The lowest BCUT2D eigenvalue weighted by molar-refractivity contribution is -0.122. The van der Waals surface area contributed by atoms with E-state index in [4.69, 9.17) is 0 Å². The van der Waals surface area contributed by atoms with E-state index in [9.17, 15) is 4.79 Å². The standard InChI is InChI=1S/C12H23NO/c1-2-3-4-5-6-7-8-11-9-10-13-12(11)14/h11H,2-10H2,1H3,(H,13,14)/t11-/m0/s1. The zero-order chi connectivity index (χ0) is 10.2. The topological polar surface area (TPSA) is 29.1 Å². The third kappa shape index (κ3) is 4.12. The number of rotatable bonds is 7. The number of carbonyl (C=O) groups is 1. The first-order valence-corrected chi connectivity index (χ1v) is 6.12. The molecule has 2 heteroatoms. The molecule has 1 heterocycles. The zero-order valence-corrected chi connectivity index (χ0v) is 9.35. The molecule has 0 aromatic heterocycles. The first kappa shape index (κ1) is 11.5. The van der Waals surface area contributed by atoms with Gasteiger partial charge in [0, 0.05) is 12.5 Å². The molecule has 1 aliphatic heterocycles. The number of amides is 1. The molecule has 0 bridgehead atoms. The first-order chi connectivity index (χ1) is 6.84. The fourth-order valence-electron chi connectivity index (χ4n) is 2.09. The van der Waals surface area contributed by atoms with Crippen LogP contribution in [0.4, 0.5) is 0 Å². The van der Waals surface area contributed by atoms with Crippen LogP contribution in [0.3, 0.4) is 0 Å². The van der Waals surface area contributed by atoms with Crippen LogP contribution in [0, 0.1) is 5.92 Å². The molecule has 0 saturated carbocycles. The molecule has 2 nitrogen and oxygen atoms in total. The minimum Gasteiger partial charge on any atom is -0.356 e. The van der Waals surface area contributed by atoms with E-state index >= 15 is 0 Å². The van der Waals surface area contributed by atoms with Gasteiger partial charge in [0.2, 0.25) is 5.91 Å². The van der Waals surface area contributed by atoms with Gasteiger partial charge in [-0.25, -0.2) is 0 Å². The molecule has 1 saturated heterocycles. The number of unbranched alkanes of at least 4 members (excludes halogenated alkanes) is 5. The summed E-state index contributed by atoms with van der Waals surface area (Å²) in [4.78, 5) is 11.2. The van der Waals surface area contributed by atoms with E-state index in [1.807, 2.05) is 0 Å². The van der Waals surface area contributed by atoms with Crippen molar-refractivity contribution in [2.24, 2.45) is 5.92 Å². The molecular weight excluding hydrogens is 174 g/mol. The Morgan fingerprint density at radius 3 is 2.57 bits per heavy atom. The van der Waals surface area contributed by atoms with Crippen LogP contribution in [0.15, 0.2) is 0 Å². The summed E-state index contributed by atoms with van der Waals surface area (Å²) in [6.07, 6.45) is 10.1. The monoisotopic (exact) mass is 197 g/mol. The van der Waals surface area contributed by atoms with Crippen molar-refractivity contribution in [3.05, 3.63) is 0 Å². The third-order valence-corrected chi connectivity index (χ3v) is 3.07. The molecule has 82 valence electrons. The van der Waals surface area contributed by atoms with Gasteiger partial charge in [-0.1, -0.05) is 45.4 Å². The van der Waals surface area contributed by atoms with Crippen molar-refractivity contribution < 1.29 is 4.79 Å². The average Bonchev–Trinajstić information content (AvgIpc) is 2.58. The van der Waals surface area contributed by atoms with Gasteiger partial charge in [0.05, 0.1) is 0 Å². The van der Waals surface area contributed by atoms with Crippen LogP contribution in [0.1, 0.15) is 58.3 Å². The van der Waals surface area contributed by atoms with Gasteiger partial charge in [0.1, 0.15) is 0 Å². The highest BCUT2D eigenvalue weighted by Gasteiger charge is 2.22. The van der Waals surface area contributed by atoms with Crippen LogP contribution in [0.25, 0.3) is 0 Å². The molecule has 0 radical (unpaired) electrons. The summed E-state index contributed by atoms with van der Waals surface area (Å²) in [6, 6.07) is 0. The Kier molecular flexibility index (Phi) is 5.65. The molecule has 0 unspecified atom stereocenters. The van der Waals surface area contributed by atoms with Crippen LogP contribution in [-0.4, -0.2) is 12.5 Å². The van der Waals surface area contributed by atoms with Gasteiger partial charge in [0.25, 0.3) is 0 Å². The summed E-state index contributed by atoms with van der Waals surface area (Å²) in [6.45, 7) is 3.14. The molecule has 14 heavy (non-hydrogen) atoms. The summed E-state index contributed by atoms with van der Waals surface area (Å²) in [7, 11) is 0. The molecule has 0 aliphatic carbocycles. The van der Waals surface area contributed by atoms with E-state index in [1.165, 1.54) is 38.5 Å². The minimum atomic E-state index is 0.290. The van der Waals surface area contributed by atoms with Crippen molar-refractivity contribution in [1.29, 1.82) is 0 Å². The van der Waals surface area contributed by atoms with Gasteiger partial charge in [0.15, 0.2) is 0 Å². The smallest absolute Gasteiger partial charge is 0.223 e. The highest BCUT2D eigenvalue weighted by atomic mass is 16.2. The Bertz CT molecular complexity index is 168. The Hall–Kier alpha value is -0.530. The molecular formula is C12H23NO. The van der Waals surface area contributed by atoms with Gasteiger partial charge < -0.3 is 5.32 Å². The second-order valence-electron chi connectivity index (χ2n) is 4.33. The maximum Gasteiger partial charge on any atom is 0.223 e. The van der Waals surface area contributed by atoms with Crippen LogP contribution >= 0.6 is 0 Å². The van der Waals surface area contributed by atoms with Gasteiger partial charge in [-0.3, -0.25) is 4.79 Å². The Morgan fingerprint density at radius 1 is 1.21 bits per heavy atom. The van der Waals surface area contributed by atoms with E-state index in [1.54, 1.807) is 0 Å². The van der Waals surface area contributed by atoms with E-state index in [0.717, 1.165) is 19.4 Å². The molecule has 1 amide bonds. The SMILES string of the molecule is CCCCCCCC[C@H]1CCNC1=O. The van der Waals surface area contributed by atoms with Gasteiger partial charge in [-0.15, -0.1) is 0 Å². The van der Waals surface area contributed by atoms with E-state index in [-0.39, 0.29) is 0 Å². The molecule has 1 atom stereocenters. The lowest BCUT2D eigenvalue weighted by Crippen LogP contribution is -2.18. The summed E-state index contributed by atoms with van der Waals surface area (Å²) in [5.41, 5.74) is 0. The van der Waals surface area contributed by atoms with Crippen molar-refractivity contribution in [1.82, 2.24) is 5.32 Å². The molecule has 0 spiro atoms. The predicted molar refractivity (Wildman–Crippen MR) is 59.1 cm³/mol. The van der Waals surface area contributed by atoms with Crippen molar-refractivity contribution in [2.45, 2.75) is 58.3 Å². The molecule has 0 aromatic rings. The third-order valence-electron chi connectivity index (χ3n) is 3.07. The van der Waals surface area contributed by atoms with Crippen LogP contribution in [0.2, 0.25) is 0 Å². The largest absolute Gasteiger partial charge is 0.356 e. The van der Waals surface area contributed by atoms with Crippen molar-refractivity contribution in [3.63, 3.8) is 0 Å². The fraction of sp³-hybridized carbons (Fsp3) is 0.917. The molecule has 1 fully saturated rings. The zero-order valence-electron chi connectivity index (χ0n) is 9.35. The minimum absolute atomic E-state index is 0.290. The second-order valence-corrected chi connectivity index (χ2v) is 4.33. The number of nitrogens with one attached hydrogen (secondary N) is 1. The average molecular weight is 197 g/mol. The quantitative estimate of drug-likeness (QED) is 0.625. The maximum absolute atomic E-state index is 11.2. The van der Waals surface area contributed by atoms with Gasteiger partial charge >= 0.3 is 0 Å². The normalized spacial score (nSPS) is 21.2. The molecule has 1 N–H and O–H groups in total. The van der Waals surface area contributed by atoms with Gasteiger partial charge in [-0.2, -0.15) is 0 Å². The molecule has 0 aromatic carbocycles. The Labute approximate surface area is 87.5 Å². The van der Waals surface area contributed by atoms with Crippen LogP contribution in [-0.2, 0) is 4.79 Å². The number of hydrogen-bond donors (Lipinski definition) is 1.